The first-order valence-electron chi connectivity index (χ1n) is 6.59. The largest absolute Gasteiger partial charge is 0.466 e. The lowest BCUT2D eigenvalue weighted by molar-refractivity contribution is -0.0498. The molecule has 8 heteroatoms. The van der Waals surface area contributed by atoms with Crippen LogP contribution in [-0.2, 0) is 0 Å². The summed E-state index contributed by atoms with van der Waals surface area (Å²) < 4.78 is 33.7. The number of aryl methyl sites for hydroxylation is 2. The minimum atomic E-state index is -2.99. The van der Waals surface area contributed by atoms with Crippen LogP contribution in [0.25, 0.3) is 0 Å². The Morgan fingerprint density at radius 2 is 1.83 bits per heavy atom. The second-order valence-corrected chi connectivity index (χ2v) is 4.64. The number of alkyl halides is 2. The number of carbonyl (C=O) groups is 2. The zero-order valence-electron chi connectivity index (χ0n) is 12.4. The van der Waals surface area contributed by atoms with Crippen molar-refractivity contribution in [3.63, 3.8) is 0 Å². The van der Waals surface area contributed by atoms with Crippen molar-refractivity contribution in [1.82, 2.24) is 10.9 Å². The lowest BCUT2D eigenvalue weighted by Gasteiger charge is -2.08. The van der Waals surface area contributed by atoms with Gasteiger partial charge in [-0.15, -0.1) is 0 Å². The van der Waals surface area contributed by atoms with Crippen molar-refractivity contribution >= 4 is 11.8 Å². The summed E-state index contributed by atoms with van der Waals surface area (Å²) in [5.74, 6) is -0.388. The monoisotopic (exact) mass is 324 g/mol. The Morgan fingerprint density at radius 3 is 2.43 bits per heavy atom. The van der Waals surface area contributed by atoms with E-state index in [1.54, 1.807) is 13.8 Å². The molecule has 23 heavy (non-hydrogen) atoms. The Balaban J connectivity index is 1.99. The molecular formula is C15H14F2N2O4. The van der Waals surface area contributed by atoms with E-state index >= 15 is 0 Å². The Hall–Kier alpha value is -2.90. The number of hydrazine groups is 1. The highest BCUT2D eigenvalue weighted by atomic mass is 19.3. The fraction of sp³-hybridized carbons (Fsp3) is 0.200. The topological polar surface area (TPSA) is 80.6 Å². The molecule has 1 aromatic carbocycles. The van der Waals surface area contributed by atoms with Crippen molar-refractivity contribution in [2.45, 2.75) is 20.5 Å². The van der Waals surface area contributed by atoms with Crippen LogP contribution in [0.5, 0.6) is 5.75 Å². The van der Waals surface area contributed by atoms with E-state index < -0.39 is 18.4 Å². The zero-order chi connectivity index (χ0) is 17.0. The molecule has 0 atom stereocenters. The molecule has 2 aromatic rings. The number of benzene rings is 1. The van der Waals surface area contributed by atoms with E-state index in [0.717, 1.165) is 6.07 Å². The van der Waals surface area contributed by atoms with Gasteiger partial charge in [0.25, 0.3) is 11.8 Å². The third-order valence-electron chi connectivity index (χ3n) is 2.90. The Kier molecular flexibility index (Phi) is 4.95. The summed E-state index contributed by atoms with van der Waals surface area (Å²) in [6.07, 6.45) is 0. The van der Waals surface area contributed by atoms with E-state index in [0.29, 0.717) is 11.5 Å². The molecule has 0 aliphatic carbocycles. The van der Waals surface area contributed by atoms with Gasteiger partial charge in [-0.25, -0.2) is 0 Å². The highest BCUT2D eigenvalue weighted by Gasteiger charge is 2.15. The van der Waals surface area contributed by atoms with Gasteiger partial charge in [0.2, 0.25) is 0 Å². The van der Waals surface area contributed by atoms with Gasteiger partial charge in [-0.2, -0.15) is 8.78 Å². The molecule has 122 valence electrons. The molecule has 0 aliphatic heterocycles. The van der Waals surface area contributed by atoms with Crippen molar-refractivity contribution in [1.29, 1.82) is 0 Å². The van der Waals surface area contributed by atoms with Crippen LogP contribution in [0.3, 0.4) is 0 Å². The highest BCUT2D eigenvalue weighted by Crippen LogP contribution is 2.16. The first kappa shape index (κ1) is 16.5. The second-order valence-electron chi connectivity index (χ2n) is 4.64. The fourth-order valence-corrected chi connectivity index (χ4v) is 1.92. The number of hydrogen-bond donors (Lipinski definition) is 2. The van der Waals surface area contributed by atoms with Crippen LogP contribution in [0.15, 0.2) is 34.7 Å². The van der Waals surface area contributed by atoms with Gasteiger partial charge >= 0.3 is 6.61 Å². The lowest BCUT2D eigenvalue weighted by Crippen LogP contribution is -2.41. The van der Waals surface area contributed by atoms with E-state index in [4.69, 9.17) is 4.42 Å². The molecule has 0 fully saturated rings. The van der Waals surface area contributed by atoms with E-state index in [1.165, 1.54) is 24.3 Å². The van der Waals surface area contributed by atoms with Gasteiger partial charge in [-0.3, -0.25) is 20.4 Å². The predicted octanol–water partition coefficient (Wildman–Crippen LogP) is 2.57. The quantitative estimate of drug-likeness (QED) is 0.847. The van der Waals surface area contributed by atoms with Gasteiger partial charge in [0.1, 0.15) is 17.3 Å². The summed E-state index contributed by atoms with van der Waals surface area (Å²) in [5, 5.41) is 0. The van der Waals surface area contributed by atoms with Crippen LogP contribution in [0.4, 0.5) is 8.78 Å². The third kappa shape index (κ3) is 4.29. The molecule has 1 heterocycles. The standard InChI is InChI=1S/C15H14F2N2O4/c1-8-6-12(9(2)22-8)14(21)19-18-13(20)10-4-3-5-11(7-10)23-15(16)17/h3-7,15H,1-2H3,(H,18,20)(H,19,21). The number of nitrogens with one attached hydrogen (secondary N) is 2. The summed E-state index contributed by atoms with van der Waals surface area (Å²) in [6.45, 7) is 0.325. The average molecular weight is 324 g/mol. The molecule has 6 nitrogen and oxygen atoms in total. The normalized spacial score (nSPS) is 10.5. The number of halogens is 2. The summed E-state index contributed by atoms with van der Waals surface area (Å²) >= 11 is 0. The number of hydrogen-bond acceptors (Lipinski definition) is 4. The molecule has 0 radical (unpaired) electrons. The fourth-order valence-electron chi connectivity index (χ4n) is 1.92. The van der Waals surface area contributed by atoms with Crippen LogP contribution < -0.4 is 15.6 Å². The average Bonchev–Trinajstić information content (AvgIpc) is 2.83. The molecule has 2 amide bonds. The third-order valence-corrected chi connectivity index (χ3v) is 2.90. The number of amides is 2. The number of rotatable bonds is 4. The number of ether oxygens (including phenoxy) is 1. The molecule has 2 rings (SSSR count). The molecule has 2 N–H and O–H groups in total. The molecule has 0 aliphatic rings. The van der Waals surface area contributed by atoms with Gasteiger partial charge in [-0.1, -0.05) is 6.07 Å². The van der Waals surface area contributed by atoms with Crippen LogP contribution in [0, 0.1) is 13.8 Å². The van der Waals surface area contributed by atoms with Crippen molar-refractivity contribution in [2.24, 2.45) is 0 Å². The first-order valence-corrected chi connectivity index (χ1v) is 6.59. The van der Waals surface area contributed by atoms with Gasteiger partial charge in [0.15, 0.2) is 0 Å². The van der Waals surface area contributed by atoms with Crippen molar-refractivity contribution < 1.29 is 27.5 Å². The predicted molar refractivity (Wildman–Crippen MR) is 76.2 cm³/mol. The first-order chi connectivity index (χ1) is 10.9. The Labute approximate surface area is 130 Å². The van der Waals surface area contributed by atoms with Crippen LogP contribution >= 0.6 is 0 Å². The number of carbonyl (C=O) groups excluding carboxylic acids is 2. The molecule has 0 saturated carbocycles. The van der Waals surface area contributed by atoms with E-state index in [2.05, 4.69) is 15.6 Å². The second kappa shape index (κ2) is 6.91. The SMILES string of the molecule is Cc1cc(C(=O)NNC(=O)c2cccc(OC(F)F)c2)c(C)o1. The van der Waals surface area contributed by atoms with Gasteiger partial charge in [-0.05, 0) is 38.1 Å². The maximum absolute atomic E-state index is 12.1. The summed E-state index contributed by atoms with van der Waals surface area (Å²) in [6, 6.07) is 6.75. The Morgan fingerprint density at radius 1 is 1.13 bits per heavy atom. The van der Waals surface area contributed by atoms with Gasteiger partial charge < -0.3 is 9.15 Å². The van der Waals surface area contributed by atoms with E-state index in [1.807, 2.05) is 0 Å². The van der Waals surface area contributed by atoms with Crippen molar-refractivity contribution in [3.05, 3.63) is 53.0 Å². The zero-order valence-corrected chi connectivity index (χ0v) is 12.4. The molecule has 0 saturated heterocycles. The van der Waals surface area contributed by atoms with Crippen LogP contribution in [0.2, 0.25) is 0 Å². The summed E-state index contributed by atoms with van der Waals surface area (Å²) in [5.41, 5.74) is 4.76. The van der Waals surface area contributed by atoms with Crippen LogP contribution in [-0.4, -0.2) is 18.4 Å². The molecule has 0 unspecified atom stereocenters. The van der Waals surface area contributed by atoms with E-state index in [-0.39, 0.29) is 16.9 Å². The molecule has 0 spiro atoms. The molecular weight excluding hydrogens is 310 g/mol. The highest BCUT2D eigenvalue weighted by molar-refractivity contribution is 5.99. The van der Waals surface area contributed by atoms with Gasteiger partial charge in [0, 0.05) is 5.56 Å². The summed E-state index contributed by atoms with van der Waals surface area (Å²) in [4.78, 5) is 23.8. The van der Waals surface area contributed by atoms with E-state index in [9.17, 15) is 18.4 Å². The minimum Gasteiger partial charge on any atom is -0.466 e. The molecule has 1 aromatic heterocycles. The van der Waals surface area contributed by atoms with Crippen molar-refractivity contribution in [2.75, 3.05) is 0 Å². The van der Waals surface area contributed by atoms with Gasteiger partial charge in [0.05, 0.1) is 5.56 Å². The lowest BCUT2D eigenvalue weighted by atomic mass is 10.2. The Bertz CT molecular complexity index is 728. The number of furan rings is 1. The maximum Gasteiger partial charge on any atom is 0.387 e. The summed E-state index contributed by atoms with van der Waals surface area (Å²) in [7, 11) is 0. The van der Waals surface area contributed by atoms with Crippen molar-refractivity contribution in [3.8, 4) is 5.75 Å². The molecule has 0 bridgehead atoms. The van der Waals surface area contributed by atoms with Crippen LogP contribution in [0.1, 0.15) is 32.2 Å². The maximum atomic E-state index is 12.1. The minimum absolute atomic E-state index is 0.0588. The smallest absolute Gasteiger partial charge is 0.387 e.